The molecule has 2 fully saturated rings. The first-order valence-electron chi connectivity index (χ1n) is 4.72. The normalized spacial score (nSPS) is 42.5. The first kappa shape index (κ1) is 8.48. The molecule has 0 amide bonds. The van der Waals surface area contributed by atoms with Crippen LogP contribution >= 0.6 is 0 Å². The highest BCUT2D eigenvalue weighted by atomic mass is 16.5. The van der Waals surface area contributed by atoms with Gasteiger partial charge in [0.2, 0.25) is 0 Å². The van der Waals surface area contributed by atoms with Crippen LogP contribution in [-0.2, 0) is 4.74 Å². The fourth-order valence-corrected chi connectivity index (χ4v) is 2.10. The highest BCUT2D eigenvalue weighted by Gasteiger charge is 2.42. The van der Waals surface area contributed by atoms with E-state index < -0.39 is 0 Å². The van der Waals surface area contributed by atoms with Gasteiger partial charge in [-0.05, 0) is 13.8 Å². The molecule has 2 rings (SSSR count). The molecule has 2 aliphatic rings. The highest BCUT2D eigenvalue weighted by Crippen LogP contribution is 2.28. The first-order chi connectivity index (χ1) is 5.68. The average Bonchev–Trinajstić information content (AvgIpc) is 2.30. The van der Waals surface area contributed by atoms with Crippen LogP contribution in [0.5, 0.6) is 0 Å². The first-order valence-corrected chi connectivity index (χ1v) is 4.72. The van der Waals surface area contributed by atoms with E-state index in [1.807, 2.05) is 0 Å². The summed E-state index contributed by atoms with van der Waals surface area (Å²) in [4.78, 5) is 2.38. The fourth-order valence-electron chi connectivity index (χ4n) is 2.10. The van der Waals surface area contributed by atoms with Gasteiger partial charge >= 0.3 is 0 Å². The second-order valence-electron chi connectivity index (χ2n) is 4.17. The smallest absolute Gasteiger partial charge is 0.0964 e. The van der Waals surface area contributed by atoms with Crippen molar-refractivity contribution in [2.45, 2.75) is 32.1 Å². The number of aliphatic hydroxyl groups is 1. The van der Waals surface area contributed by atoms with Crippen LogP contribution in [0.25, 0.3) is 0 Å². The molecule has 2 aliphatic heterocycles. The molecule has 2 bridgehead atoms. The van der Waals surface area contributed by atoms with Crippen LogP contribution in [0.15, 0.2) is 0 Å². The standard InChI is InChI=1S/C9H17NO2/c1-6(2)10-3-7-5-12-8(4-10)9(7)11/h6-9,11H,3-5H2,1-2H3/t7-,8-,9-/m0/s1. The predicted octanol–water partition coefficient (Wildman–Crippen LogP) is 0.0863. The number of ether oxygens (including phenoxy) is 1. The summed E-state index contributed by atoms with van der Waals surface area (Å²) in [5, 5.41) is 9.66. The summed E-state index contributed by atoms with van der Waals surface area (Å²) in [6.45, 7) is 7.02. The van der Waals surface area contributed by atoms with Crippen LogP contribution in [0.1, 0.15) is 13.8 Å². The Morgan fingerprint density at radius 3 is 2.75 bits per heavy atom. The predicted molar refractivity (Wildman–Crippen MR) is 45.9 cm³/mol. The van der Waals surface area contributed by atoms with E-state index in [2.05, 4.69) is 18.7 Å². The maximum absolute atomic E-state index is 9.66. The molecule has 1 N–H and O–H groups in total. The zero-order valence-corrected chi connectivity index (χ0v) is 7.73. The van der Waals surface area contributed by atoms with Gasteiger partial charge in [-0.15, -0.1) is 0 Å². The van der Waals surface area contributed by atoms with Gasteiger partial charge in [0.15, 0.2) is 0 Å². The minimum Gasteiger partial charge on any atom is -0.390 e. The highest BCUT2D eigenvalue weighted by molar-refractivity contribution is 4.93. The molecule has 0 aromatic rings. The Hall–Kier alpha value is -0.120. The molecule has 0 aromatic heterocycles. The van der Waals surface area contributed by atoms with Gasteiger partial charge < -0.3 is 9.84 Å². The van der Waals surface area contributed by atoms with E-state index in [1.165, 1.54) is 0 Å². The van der Waals surface area contributed by atoms with Gasteiger partial charge in [0, 0.05) is 25.0 Å². The third-order valence-corrected chi connectivity index (χ3v) is 3.00. The lowest BCUT2D eigenvalue weighted by molar-refractivity contribution is -0.0164. The summed E-state index contributed by atoms with van der Waals surface area (Å²) in [5.41, 5.74) is 0. The number of aliphatic hydroxyl groups excluding tert-OH is 1. The molecular weight excluding hydrogens is 154 g/mol. The third kappa shape index (κ3) is 1.26. The Morgan fingerprint density at radius 1 is 1.42 bits per heavy atom. The molecule has 0 radical (unpaired) electrons. The van der Waals surface area contributed by atoms with Crippen LogP contribution in [-0.4, -0.2) is 48.0 Å². The number of rotatable bonds is 1. The number of nitrogens with zero attached hydrogens (tertiary/aromatic N) is 1. The van der Waals surface area contributed by atoms with Gasteiger partial charge in [0.05, 0.1) is 18.8 Å². The largest absolute Gasteiger partial charge is 0.390 e. The van der Waals surface area contributed by atoms with E-state index in [1.54, 1.807) is 0 Å². The van der Waals surface area contributed by atoms with E-state index >= 15 is 0 Å². The molecule has 2 saturated heterocycles. The van der Waals surface area contributed by atoms with Gasteiger partial charge in [-0.2, -0.15) is 0 Å². The summed E-state index contributed by atoms with van der Waals surface area (Å²) in [6, 6.07) is 0.573. The van der Waals surface area contributed by atoms with Crippen molar-refractivity contribution in [1.82, 2.24) is 4.90 Å². The van der Waals surface area contributed by atoms with E-state index in [-0.39, 0.29) is 12.2 Å². The lowest BCUT2D eigenvalue weighted by Crippen LogP contribution is -2.50. The Bertz CT molecular complexity index is 158. The van der Waals surface area contributed by atoms with Crippen LogP contribution in [0.4, 0.5) is 0 Å². The molecule has 3 heteroatoms. The lowest BCUT2D eigenvalue weighted by atomic mass is 9.96. The van der Waals surface area contributed by atoms with Crippen molar-refractivity contribution in [1.29, 1.82) is 0 Å². The van der Waals surface area contributed by atoms with Crippen molar-refractivity contribution in [3.8, 4) is 0 Å². The molecule has 3 atom stereocenters. The molecule has 3 nitrogen and oxygen atoms in total. The Balaban J connectivity index is 2.02. The third-order valence-electron chi connectivity index (χ3n) is 3.00. The topological polar surface area (TPSA) is 32.7 Å². The Labute approximate surface area is 73.3 Å². The fraction of sp³-hybridized carbons (Fsp3) is 1.00. The quantitative estimate of drug-likeness (QED) is 0.607. The molecule has 12 heavy (non-hydrogen) atoms. The van der Waals surface area contributed by atoms with Crippen molar-refractivity contribution in [3.63, 3.8) is 0 Å². The minimum absolute atomic E-state index is 0.0751. The SMILES string of the molecule is CC(C)N1C[C@H]2CO[C@@H](C1)[C@H]2O. The Kier molecular flexibility index (Phi) is 2.10. The van der Waals surface area contributed by atoms with Gasteiger partial charge in [0.25, 0.3) is 0 Å². The molecule has 0 saturated carbocycles. The second-order valence-corrected chi connectivity index (χ2v) is 4.17. The van der Waals surface area contributed by atoms with Gasteiger partial charge in [-0.1, -0.05) is 0 Å². The summed E-state index contributed by atoms with van der Waals surface area (Å²) >= 11 is 0. The van der Waals surface area contributed by atoms with Gasteiger partial charge in [-0.25, -0.2) is 0 Å². The minimum atomic E-state index is -0.208. The average molecular weight is 171 g/mol. The van der Waals surface area contributed by atoms with Crippen molar-refractivity contribution in [3.05, 3.63) is 0 Å². The zero-order valence-electron chi connectivity index (χ0n) is 7.73. The maximum Gasteiger partial charge on any atom is 0.0964 e. The van der Waals surface area contributed by atoms with E-state index in [4.69, 9.17) is 4.74 Å². The molecule has 70 valence electrons. The number of piperidine rings is 1. The summed E-state index contributed by atoms with van der Waals surface area (Å²) in [6.07, 6.45) is -0.133. The lowest BCUT2D eigenvalue weighted by Gasteiger charge is -2.36. The molecule has 0 aromatic carbocycles. The summed E-state index contributed by atoms with van der Waals surface area (Å²) < 4.78 is 5.48. The number of hydrogen-bond acceptors (Lipinski definition) is 3. The van der Waals surface area contributed by atoms with E-state index in [0.717, 1.165) is 19.7 Å². The van der Waals surface area contributed by atoms with E-state index in [0.29, 0.717) is 12.0 Å². The van der Waals surface area contributed by atoms with Crippen LogP contribution in [0, 0.1) is 5.92 Å². The Morgan fingerprint density at radius 2 is 2.17 bits per heavy atom. The van der Waals surface area contributed by atoms with Gasteiger partial charge in [-0.3, -0.25) is 4.90 Å². The summed E-state index contributed by atoms with van der Waals surface area (Å²) in [7, 11) is 0. The molecule has 2 heterocycles. The number of likely N-dealkylation sites (tertiary alicyclic amines) is 1. The molecular formula is C9H17NO2. The monoisotopic (exact) mass is 171 g/mol. The molecule has 0 spiro atoms. The van der Waals surface area contributed by atoms with Crippen molar-refractivity contribution in [2.75, 3.05) is 19.7 Å². The zero-order chi connectivity index (χ0) is 8.72. The summed E-state index contributed by atoms with van der Waals surface area (Å²) in [5.74, 6) is 0.353. The van der Waals surface area contributed by atoms with Crippen LogP contribution < -0.4 is 0 Å². The van der Waals surface area contributed by atoms with Crippen molar-refractivity contribution in [2.24, 2.45) is 5.92 Å². The van der Waals surface area contributed by atoms with Crippen molar-refractivity contribution >= 4 is 0 Å². The molecule has 0 aliphatic carbocycles. The van der Waals surface area contributed by atoms with Gasteiger partial charge in [0.1, 0.15) is 0 Å². The maximum atomic E-state index is 9.66. The number of fused-ring (bicyclic) bond motifs is 2. The number of hydrogen-bond donors (Lipinski definition) is 1. The van der Waals surface area contributed by atoms with Crippen LogP contribution in [0.3, 0.4) is 0 Å². The van der Waals surface area contributed by atoms with Crippen LogP contribution in [0.2, 0.25) is 0 Å². The second kappa shape index (κ2) is 2.98. The molecule has 0 unspecified atom stereocenters. The van der Waals surface area contributed by atoms with E-state index in [9.17, 15) is 5.11 Å². The van der Waals surface area contributed by atoms with Crippen molar-refractivity contribution < 1.29 is 9.84 Å².